The number of methoxy groups -OCH3 is 1. The van der Waals surface area contributed by atoms with Gasteiger partial charge in [0.15, 0.2) is 0 Å². The first-order valence-electron chi connectivity index (χ1n) is 9.54. The summed E-state index contributed by atoms with van der Waals surface area (Å²) < 4.78 is 11.1. The lowest BCUT2D eigenvalue weighted by molar-refractivity contribution is 0.393. The number of imidazole rings is 1. The first kappa shape index (κ1) is 18.2. The van der Waals surface area contributed by atoms with Gasteiger partial charge in [-0.3, -0.25) is 0 Å². The number of nitrogens with zero attached hydrogens (tertiary/aromatic N) is 4. The van der Waals surface area contributed by atoms with E-state index in [0.717, 1.165) is 61.9 Å². The minimum absolute atomic E-state index is 0.658. The Labute approximate surface area is 171 Å². The van der Waals surface area contributed by atoms with Crippen molar-refractivity contribution in [2.24, 2.45) is 0 Å². The fourth-order valence-electron chi connectivity index (χ4n) is 3.87. The third kappa shape index (κ3) is 2.78. The van der Waals surface area contributed by atoms with Gasteiger partial charge in [0.05, 0.1) is 30.0 Å². The van der Waals surface area contributed by atoms with E-state index in [4.69, 9.17) is 9.26 Å². The van der Waals surface area contributed by atoms with Gasteiger partial charge in [-0.15, -0.1) is 0 Å². The minimum atomic E-state index is 0.658. The number of rotatable bonds is 4. The molecule has 0 amide bonds. The highest BCUT2D eigenvalue weighted by molar-refractivity contribution is 6.13. The standard InChI is InChI=1S/C21H21N7O2/c1-9-18(10(2)30-28-9)14-6-15-13(7-16(14)29-5)19-20(26-15)24-12(4)25-21(19)27-17-8-22-11(3)23-17/h6-8H,1-5H3,(H,22,23)(H2,24,25,26,27). The monoisotopic (exact) mass is 403 g/mol. The summed E-state index contributed by atoms with van der Waals surface area (Å²) in [6.45, 7) is 7.58. The van der Waals surface area contributed by atoms with Crippen LogP contribution in [0.15, 0.2) is 22.9 Å². The van der Waals surface area contributed by atoms with Gasteiger partial charge in [-0.1, -0.05) is 5.16 Å². The summed E-state index contributed by atoms with van der Waals surface area (Å²) in [7, 11) is 1.66. The minimum Gasteiger partial charge on any atom is -0.496 e. The molecule has 3 N–H and O–H groups in total. The van der Waals surface area contributed by atoms with Crippen LogP contribution in [0.1, 0.15) is 23.1 Å². The Morgan fingerprint density at radius 3 is 2.57 bits per heavy atom. The summed E-state index contributed by atoms with van der Waals surface area (Å²) in [5.74, 6) is 4.41. The second-order valence-corrected chi connectivity index (χ2v) is 7.27. The van der Waals surface area contributed by atoms with Crippen LogP contribution < -0.4 is 10.1 Å². The lowest BCUT2D eigenvalue weighted by Gasteiger charge is -2.10. The number of fused-ring (bicyclic) bond motifs is 3. The first-order chi connectivity index (χ1) is 14.4. The summed E-state index contributed by atoms with van der Waals surface area (Å²) >= 11 is 0. The Morgan fingerprint density at radius 1 is 1.07 bits per heavy atom. The van der Waals surface area contributed by atoms with Crippen LogP contribution in [0.25, 0.3) is 33.1 Å². The molecule has 0 radical (unpaired) electrons. The molecule has 4 heterocycles. The van der Waals surface area contributed by atoms with Crippen LogP contribution in [0, 0.1) is 27.7 Å². The zero-order valence-corrected chi connectivity index (χ0v) is 17.3. The maximum atomic E-state index is 5.73. The van der Waals surface area contributed by atoms with Crippen LogP contribution in [-0.2, 0) is 0 Å². The van der Waals surface area contributed by atoms with Crippen molar-refractivity contribution in [3.05, 3.63) is 41.4 Å². The number of aromatic nitrogens is 6. The average molecular weight is 403 g/mol. The number of ether oxygens (including phenoxy) is 1. The van der Waals surface area contributed by atoms with Gasteiger partial charge in [0.25, 0.3) is 0 Å². The molecule has 9 nitrogen and oxygen atoms in total. The molecule has 0 aliphatic heterocycles. The van der Waals surface area contributed by atoms with Crippen LogP contribution in [0.4, 0.5) is 11.6 Å². The van der Waals surface area contributed by atoms with Gasteiger partial charge in [0.2, 0.25) is 0 Å². The van der Waals surface area contributed by atoms with Crippen molar-refractivity contribution in [2.45, 2.75) is 27.7 Å². The summed E-state index contributed by atoms with van der Waals surface area (Å²) in [4.78, 5) is 20.1. The number of H-pyrrole nitrogens is 2. The van der Waals surface area contributed by atoms with Crippen LogP contribution in [-0.4, -0.2) is 37.2 Å². The van der Waals surface area contributed by atoms with Gasteiger partial charge in [-0.25, -0.2) is 15.0 Å². The predicted octanol–water partition coefficient (Wildman–Crippen LogP) is 4.48. The van der Waals surface area contributed by atoms with Gasteiger partial charge in [0.1, 0.15) is 40.4 Å². The van der Waals surface area contributed by atoms with Crippen LogP contribution in [0.5, 0.6) is 5.75 Å². The number of hydrogen-bond acceptors (Lipinski definition) is 7. The number of aryl methyl sites for hydroxylation is 4. The highest BCUT2D eigenvalue weighted by Gasteiger charge is 2.20. The van der Waals surface area contributed by atoms with E-state index in [1.807, 2.05) is 39.8 Å². The highest BCUT2D eigenvalue weighted by atomic mass is 16.5. The van der Waals surface area contributed by atoms with Crippen molar-refractivity contribution < 1.29 is 9.26 Å². The Kier molecular flexibility index (Phi) is 3.99. The van der Waals surface area contributed by atoms with Gasteiger partial charge >= 0.3 is 0 Å². The van der Waals surface area contributed by atoms with E-state index in [1.54, 1.807) is 13.3 Å². The van der Waals surface area contributed by atoms with Crippen molar-refractivity contribution in [3.63, 3.8) is 0 Å². The van der Waals surface area contributed by atoms with E-state index in [0.29, 0.717) is 11.6 Å². The topological polar surface area (TPSA) is 118 Å². The quantitative estimate of drug-likeness (QED) is 0.405. The van der Waals surface area contributed by atoms with E-state index in [1.165, 1.54) is 0 Å². The second-order valence-electron chi connectivity index (χ2n) is 7.27. The van der Waals surface area contributed by atoms with Crippen LogP contribution in [0.3, 0.4) is 0 Å². The lowest BCUT2D eigenvalue weighted by Crippen LogP contribution is -1.98. The summed E-state index contributed by atoms with van der Waals surface area (Å²) in [6, 6.07) is 4.04. The number of anilines is 2. The van der Waals surface area contributed by atoms with Gasteiger partial charge in [-0.05, 0) is 39.8 Å². The van der Waals surface area contributed by atoms with Gasteiger partial charge < -0.3 is 24.5 Å². The Morgan fingerprint density at radius 2 is 1.90 bits per heavy atom. The van der Waals surface area contributed by atoms with Crippen molar-refractivity contribution in [2.75, 3.05) is 12.4 Å². The second kappa shape index (κ2) is 6.58. The predicted molar refractivity (Wildman–Crippen MR) is 114 cm³/mol. The zero-order valence-electron chi connectivity index (χ0n) is 17.3. The SMILES string of the molecule is COc1cc2c(cc1-c1c(C)noc1C)[nH]c1nc(C)nc(Nc3cnc(C)[nH]3)c12. The molecule has 0 saturated carbocycles. The molecular weight excluding hydrogens is 382 g/mol. The van der Waals surface area contributed by atoms with E-state index in [9.17, 15) is 0 Å². The fourth-order valence-corrected chi connectivity index (χ4v) is 3.87. The molecule has 0 atom stereocenters. The molecule has 5 aromatic rings. The number of benzene rings is 1. The smallest absolute Gasteiger partial charge is 0.145 e. The number of aromatic amines is 2. The van der Waals surface area contributed by atoms with Gasteiger partial charge in [0, 0.05) is 16.5 Å². The Hall–Kier alpha value is -3.88. The molecule has 0 bridgehead atoms. The normalized spacial score (nSPS) is 11.5. The molecule has 0 saturated heterocycles. The highest BCUT2D eigenvalue weighted by Crippen LogP contribution is 2.40. The van der Waals surface area contributed by atoms with Gasteiger partial charge in [-0.2, -0.15) is 0 Å². The molecule has 0 unspecified atom stereocenters. The molecule has 0 fully saturated rings. The van der Waals surface area contributed by atoms with Crippen molar-refractivity contribution in [1.82, 2.24) is 30.1 Å². The van der Waals surface area contributed by atoms with E-state index >= 15 is 0 Å². The molecule has 0 aliphatic carbocycles. The number of hydrogen-bond donors (Lipinski definition) is 3. The molecule has 0 spiro atoms. The molecule has 1 aromatic carbocycles. The van der Waals surface area contributed by atoms with Crippen LogP contribution in [0.2, 0.25) is 0 Å². The molecule has 4 aromatic heterocycles. The first-order valence-corrected chi connectivity index (χ1v) is 9.54. The van der Waals surface area contributed by atoms with E-state index in [2.05, 4.69) is 35.4 Å². The summed E-state index contributed by atoms with van der Waals surface area (Å²) in [5.41, 5.74) is 4.32. The van der Waals surface area contributed by atoms with Crippen molar-refractivity contribution in [3.8, 4) is 16.9 Å². The van der Waals surface area contributed by atoms with E-state index < -0.39 is 0 Å². The number of nitrogens with one attached hydrogen (secondary N) is 3. The summed E-state index contributed by atoms with van der Waals surface area (Å²) in [5, 5.41) is 9.25. The molecule has 0 aliphatic rings. The maximum Gasteiger partial charge on any atom is 0.145 e. The lowest BCUT2D eigenvalue weighted by atomic mass is 10.0. The largest absolute Gasteiger partial charge is 0.496 e. The zero-order chi connectivity index (χ0) is 21.0. The molecular formula is C21H21N7O2. The van der Waals surface area contributed by atoms with E-state index in [-0.39, 0.29) is 0 Å². The molecule has 5 rings (SSSR count). The van der Waals surface area contributed by atoms with Crippen LogP contribution >= 0.6 is 0 Å². The molecule has 152 valence electrons. The molecule has 30 heavy (non-hydrogen) atoms. The Bertz CT molecular complexity index is 1390. The Balaban J connectivity index is 1.77. The van der Waals surface area contributed by atoms with Crippen molar-refractivity contribution in [1.29, 1.82) is 0 Å². The maximum absolute atomic E-state index is 5.73. The third-order valence-corrected chi connectivity index (χ3v) is 5.14. The molecule has 9 heteroatoms. The fraction of sp³-hybridized carbons (Fsp3) is 0.238. The average Bonchev–Trinajstić information content (AvgIpc) is 3.37. The third-order valence-electron chi connectivity index (χ3n) is 5.14. The van der Waals surface area contributed by atoms with Crippen molar-refractivity contribution >= 4 is 33.6 Å². The summed E-state index contributed by atoms with van der Waals surface area (Å²) in [6.07, 6.45) is 1.74.